The smallest absolute Gasteiger partial charge is 0.315 e. The molecule has 0 radical (unpaired) electrons. The fourth-order valence-corrected chi connectivity index (χ4v) is 2.27. The second-order valence-corrected chi connectivity index (χ2v) is 4.86. The average Bonchev–Trinajstić information content (AvgIpc) is 2.29. The van der Waals surface area contributed by atoms with Crippen LogP contribution in [0.15, 0.2) is 23.1 Å². The lowest BCUT2D eigenvalue weighted by atomic mass is 10.1. The van der Waals surface area contributed by atoms with Gasteiger partial charge in [-0.25, -0.2) is 0 Å². The maximum absolute atomic E-state index is 12.5. The van der Waals surface area contributed by atoms with Gasteiger partial charge in [0.15, 0.2) is 0 Å². The highest BCUT2D eigenvalue weighted by molar-refractivity contribution is 9.09. The minimum atomic E-state index is -4.41. The molecule has 0 aliphatic heterocycles. The lowest BCUT2D eigenvalue weighted by Gasteiger charge is -2.16. The Hall–Kier alpha value is -0.780. The minimum absolute atomic E-state index is 0.163. The van der Waals surface area contributed by atoms with Crippen LogP contribution in [-0.4, -0.2) is 9.90 Å². The van der Waals surface area contributed by atoms with Crippen molar-refractivity contribution in [3.05, 3.63) is 34.2 Å². The molecule has 0 bridgehead atoms. The Morgan fingerprint density at radius 2 is 2.06 bits per heavy atom. The zero-order chi connectivity index (χ0) is 13.8. The SMILES string of the molecule is CCCC(CBr)Cn1cc(C(F)(F)F)ccc1=O. The van der Waals surface area contributed by atoms with E-state index in [1.165, 1.54) is 0 Å². The van der Waals surface area contributed by atoms with Crippen molar-refractivity contribution in [2.24, 2.45) is 5.92 Å². The molecule has 0 saturated carbocycles. The van der Waals surface area contributed by atoms with Crippen molar-refractivity contribution in [3.8, 4) is 0 Å². The Morgan fingerprint density at radius 1 is 1.39 bits per heavy atom. The van der Waals surface area contributed by atoms with Crippen molar-refractivity contribution in [1.29, 1.82) is 0 Å². The predicted octanol–water partition coefficient (Wildman–Crippen LogP) is 3.68. The summed E-state index contributed by atoms with van der Waals surface area (Å²) >= 11 is 3.32. The van der Waals surface area contributed by atoms with Crippen LogP contribution in [0.5, 0.6) is 0 Å². The van der Waals surface area contributed by atoms with E-state index in [0.29, 0.717) is 11.9 Å². The summed E-state index contributed by atoms with van der Waals surface area (Å²) in [5, 5.41) is 0.670. The molecular formula is C12H15BrF3NO. The van der Waals surface area contributed by atoms with Gasteiger partial charge in [-0.1, -0.05) is 29.3 Å². The lowest BCUT2D eigenvalue weighted by molar-refractivity contribution is -0.138. The Morgan fingerprint density at radius 3 is 2.56 bits per heavy atom. The molecule has 0 fully saturated rings. The van der Waals surface area contributed by atoms with E-state index in [1.54, 1.807) is 0 Å². The molecule has 18 heavy (non-hydrogen) atoms. The Kier molecular flexibility index (Phi) is 5.44. The van der Waals surface area contributed by atoms with E-state index < -0.39 is 17.3 Å². The fourth-order valence-electron chi connectivity index (χ4n) is 1.75. The summed E-state index contributed by atoms with van der Waals surface area (Å²) in [7, 11) is 0. The molecule has 1 aromatic rings. The Bertz CT molecular complexity index is 442. The van der Waals surface area contributed by atoms with Crippen LogP contribution in [0.25, 0.3) is 0 Å². The number of nitrogens with zero attached hydrogens (tertiary/aromatic N) is 1. The van der Waals surface area contributed by atoms with Gasteiger partial charge in [-0.3, -0.25) is 4.79 Å². The van der Waals surface area contributed by atoms with Crippen LogP contribution < -0.4 is 5.56 Å². The molecule has 6 heteroatoms. The van der Waals surface area contributed by atoms with Crippen LogP contribution in [0.1, 0.15) is 25.3 Å². The van der Waals surface area contributed by atoms with Crippen LogP contribution in [0.3, 0.4) is 0 Å². The molecule has 1 unspecified atom stereocenters. The van der Waals surface area contributed by atoms with E-state index in [1.807, 2.05) is 6.92 Å². The third kappa shape index (κ3) is 4.15. The van der Waals surface area contributed by atoms with Crippen molar-refractivity contribution < 1.29 is 13.2 Å². The molecular weight excluding hydrogens is 311 g/mol. The zero-order valence-electron chi connectivity index (χ0n) is 10.0. The van der Waals surface area contributed by atoms with E-state index in [9.17, 15) is 18.0 Å². The quantitative estimate of drug-likeness (QED) is 0.757. The third-order valence-electron chi connectivity index (χ3n) is 2.68. The van der Waals surface area contributed by atoms with E-state index >= 15 is 0 Å². The second kappa shape index (κ2) is 6.41. The van der Waals surface area contributed by atoms with Gasteiger partial charge < -0.3 is 4.57 Å². The summed E-state index contributed by atoms with van der Waals surface area (Å²) in [6, 6.07) is 1.79. The number of halogens is 4. The first-order valence-electron chi connectivity index (χ1n) is 5.72. The largest absolute Gasteiger partial charge is 0.417 e. The van der Waals surface area contributed by atoms with Gasteiger partial charge in [0.25, 0.3) is 5.56 Å². The number of alkyl halides is 4. The maximum atomic E-state index is 12.5. The Labute approximate surface area is 112 Å². The normalized spacial score (nSPS) is 13.6. The summed E-state index contributed by atoms with van der Waals surface area (Å²) < 4.78 is 38.8. The van der Waals surface area contributed by atoms with Crippen LogP contribution >= 0.6 is 15.9 Å². The van der Waals surface area contributed by atoms with Crippen LogP contribution in [0, 0.1) is 5.92 Å². The molecule has 102 valence electrons. The van der Waals surface area contributed by atoms with Crippen molar-refractivity contribution in [1.82, 2.24) is 4.57 Å². The lowest BCUT2D eigenvalue weighted by Crippen LogP contribution is -2.25. The number of rotatable bonds is 5. The van der Waals surface area contributed by atoms with E-state index in [2.05, 4.69) is 15.9 Å². The topological polar surface area (TPSA) is 22.0 Å². The van der Waals surface area contributed by atoms with Crippen LogP contribution in [0.4, 0.5) is 13.2 Å². The van der Waals surface area contributed by atoms with Gasteiger partial charge in [0.05, 0.1) is 5.56 Å². The predicted molar refractivity (Wildman–Crippen MR) is 67.9 cm³/mol. The number of aromatic nitrogens is 1. The molecule has 0 N–H and O–H groups in total. The molecule has 0 aromatic carbocycles. The van der Waals surface area contributed by atoms with E-state index in [0.717, 1.165) is 35.7 Å². The summed E-state index contributed by atoms with van der Waals surface area (Å²) in [5.41, 5.74) is -1.18. The zero-order valence-corrected chi connectivity index (χ0v) is 11.6. The minimum Gasteiger partial charge on any atom is -0.315 e. The molecule has 0 spiro atoms. The highest BCUT2D eigenvalue weighted by Crippen LogP contribution is 2.28. The van der Waals surface area contributed by atoms with Crippen molar-refractivity contribution >= 4 is 15.9 Å². The molecule has 2 nitrogen and oxygen atoms in total. The highest BCUT2D eigenvalue weighted by Gasteiger charge is 2.31. The van der Waals surface area contributed by atoms with Gasteiger partial charge in [0, 0.05) is 24.1 Å². The van der Waals surface area contributed by atoms with Gasteiger partial charge in [-0.15, -0.1) is 0 Å². The third-order valence-corrected chi connectivity index (χ3v) is 3.60. The number of pyridine rings is 1. The van der Waals surface area contributed by atoms with Crippen molar-refractivity contribution in [2.45, 2.75) is 32.5 Å². The monoisotopic (exact) mass is 325 g/mol. The van der Waals surface area contributed by atoms with Gasteiger partial charge >= 0.3 is 6.18 Å². The first kappa shape index (κ1) is 15.3. The van der Waals surface area contributed by atoms with Crippen LogP contribution in [-0.2, 0) is 12.7 Å². The summed E-state index contributed by atoms with van der Waals surface area (Å²) in [5.74, 6) is 0.163. The van der Waals surface area contributed by atoms with Gasteiger partial charge in [-0.2, -0.15) is 13.2 Å². The fraction of sp³-hybridized carbons (Fsp3) is 0.583. The molecule has 1 rings (SSSR count). The molecule has 1 aromatic heterocycles. The second-order valence-electron chi connectivity index (χ2n) is 4.22. The standard InChI is InChI=1S/C12H15BrF3NO/c1-2-3-9(6-13)7-17-8-10(12(14,15)16)4-5-11(17)18/h4-5,8-9H,2-3,6-7H2,1H3. The summed E-state index contributed by atoms with van der Waals surface area (Å²) in [4.78, 5) is 11.5. The number of hydrogen-bond donors (Lipinski definition) is 0. The maximum Gasteiger partial charge on any atom is 0.417 e. The molecule has 1 heterocycles. The molecule has 0 saturated heterocycles. The first-order valence-corrected chi connectivity index (χ1v) is 6.84. The number of hydrogen-bond acceptors (Lipinski definition) is 1. The average molecular weight is 326 g/mol. The molecule has 0 amide bonds. The summed E-state index contributed by atoms with van der Waals surface area (Å²) in [6.07, 6.45) is -1.71. The van der Waals surface area contributed by atoms with Crippen molar-refractivity contribution in [2.75, 3.05) is 5.33 Å². The van der Waals surface area contributed by atoms with Gasteiger partial charge in [0.1, 0.15) is 0 Å². The highest BCUT2D eigenvalue weighted by atomic mass is 79.9. The van der Waals surface area contributed by atoms with Crippen molar-refractivity contribution in [3.63, 3.8) is 0 Å². The van der Waals surface area contributed by atoms with E-state index in [4.69, 9.17) is 0 Å². The van der Waals surface area contributed by atoms with E-state index in [-0.39, 0.29) is 5.92 Å². The van der Waals surface area contributed by atoms with Gasteiger partial charge in [-0.05, 0) is 18.4 Å². The molecule has 0 aliphatic carbocycles. The van der Waals surface area contributed by atoms with Gasteiger partial charge in [0.2, 0.25) is 0 Å². The summed E-state index contributed by atoms with van der Waals surface area (Å²) in [6.45, 7) is 2.31. The first-order chi connectivity index (χ1) is 8.38. The van der Waals surface area contributed by atoms with Crippen LogP contribution in [0.2, 0.25) is 0 Å². The molecule has 1 atom stereocenters. The Balaban J connectivity index is 2.97. The molecule has 0 aliphatic rings.